The molecular weight excluding hydrogens is 433 g/mol. The van der Waals surface area contributed by atoms with Gasteiger partial charge in [0.25, 0.3) is 0 Å². The molecule has 0 amide bonds. The number of rotatable bonds is 5. The Morgan fingerprint density at radius 1 is 0.844 bits per heavy atom. The van der Waals surface area contributed by atoms with Crippen molar-refractivity contribution in [2.24, 2.45) is 5.92 Å². The lowest BCUT2D eigenvalue weighted by molar-refractivity contribution is -0.0696. The third kappa shape index (κ3) is 5.85. The number of halogens is 7. The fraction of sp³-hybridized carbons (Fsp3) is 0.440. The molecule has 0 heterocycles. The van der Waals surface area contributed by atoms with Gasteiger partial charge in [-0.3, -0.25) is 0 Å². The lowest BCUT2D eigenvalue weighted by atomic mass is 9.77. The normalized spacial score (nSPS) is 18.9. The van der Waals surface area contributed by atoms with Crippen LogP contribution in [0.3, 0.4) is 0 Å². The van der Waals surface area contributed by atoms with Crippen molar-refractivity contribution < 1.29 is 30.7 Å². The lowest BCUT2D eigenvalue weighted by Gasteiger charge is -2.29. The molecule has 0 unspecified atom stereocenters. The molecule has 1 aliphatic rings. The molecule has 0 spiro atoms. The first-order valence-electron chi connectivity index (χ1n) is 10.7. The van der Waals surface area contributed by atoms with Gasteiger partial charge in [0, 0.05) is 5.92 Å². The molecule has 32 heavy (non-hydrogen) atoms. The van der Waals surface area contributed by atoms with Crippen LogP contribution in [0.2, 0.25) is 0 Å². The predicted molar refractivity (Wildman–Crippen MR) is 109 cm³/mol. The molecule has 0 aromatic heterocycles. The molecule has 1 aliphatic carbocycles. The van der Waals surface area contributed by atoms with Gasteiger partial charge in [-0.1, -0.05) is 32.1 Å². The van der Waals surface area contributed by atoms with E-state index in [1.807, 2.05) is 0 Å². The molecule has 0 aliphatic heterocycles. The average Bonchev–Trinajstić information content (AvgIpc) is 2.70. The topological polar surface area (TPSA) is 0 Å². The van der Waals surface area contributed by atoms with Crippen molar-refractivity contribution in [1.82, 2.24) is 0 Å². The SMILES string of the molecule is CCCCC1CCC(c2cc(F)c(-c3cc(F)c(C#CC(F)(F)F)c(F)c3)c(F)c2)CC1. The van der Waals surface area contributed by atoms with Crippen LogP contribution in [-0.4, -0.2) is 6.18 Å². The lowest BCUT2D eigenvalue weighted by Crippen LogP contribution is -2.14. The van der Waals surface area contributed by atoms with Crippen molar-refractivity contribution in [1.29, 1.82) is 0 Å². The largest absolute Gasteiger partial charge is 0.458 e. The van der Waals surface area contributed by atoms with Crippen LogP contribution in [0.1, 0.15) is 68.9 Å². The van der Waals surface area contributed by atoms with Gasteiger partial charge in [-0.05, 0) is 72.9 Å². The number of hydrogen-bond donors (Lipinski definition) is 0. The second-order valence-corrected chi connectivity index (χ2v) is 8.28. The fourth-order valence-corrected chi connectivity index (χ4v) is 4.35. The quantitative estimate of drug-likeness (QED) is 0.314. The molecular formula is C25H23F7. The summed E-state index contributed by atoms with van der Waals surface area (Å²) in [6, 6.07) is 3.54. The summed E-state index contributed by atoms with van der Waals surface area (Å²) in [5.41, 5.74) is -1.67. The highest BCUT2D eigenvalue weighted by Gasteiger charge is 2.26. The summed E-state index contributed by atoms with van der Waals surface area (Å²) in [6.07, 6.45) is 2.16. The van der Waals surface area contributed by atoms with Crippen LogP contribution in [0.15, 0.2) is 24.3 Å². The Kier molecular flexibility index (Phi) is 7.53. The van der Waals surface area contributed by atoms with Crippen molar-refractivity contribution in [2.75, 3.05) is 0 Å². The van der Waals surface area contributed by atoms with Crippen LogP contribution in [-0.2, 0) is 0 Å². The molecule has 0 nitrogen and oxygen atoms in total. The molecule has 1 saturated carbocycles. The number of hydrogen-bond acceptors (Lipinski definition) is 0. The smallest absolute Gasteiger partial charge is 0.206 e. The van der Waals surface area contributed by atoms with Gasteiger partial charge in [-0.25, -0.2) is 17.6 Å². The first-order chi connectivity index (χ1) is 15.1. The first kappa shape index (κ1) is 24.2. The van der Waals surface area contributed by atoms with Crippen molar-refractivity contribution in [3.8, 4) is 23.0 Å². The zero-order valence-corrected chi connectivity index (χ0v) is 17.6. The van der Waals surface area contributed by atoms with Gasteiger partial charge in [-0.2, -0.15) is 13.2 Å². The first-order valence-corrected chi connectivity index (χ1v) is 10.7. The number of benzene rings is 2. The Balaban J connectivity index is 1.85. The highest BCUT2D eigenvalue weighted by atomic mass is 19.4. The standard InChI is InChI=1S/C25H23F7/c1-2-3-4-15-5-7-16(8-6-15)17-11-22(28)24(23(29)12-17)18-13-20(26)19(21(27)14-18)9-10-25(30,31)32/h11-16H,2-8H2,1H3. The zero-order chi connectivity index (χ0) is 23.5. The minimum Gasteiger partial charge on any atom is -0.206 e. The van der Waals surface area contributed by atoms with E-state index in [1.165, 1.54) is 24.5 Å². The summed E-state index contributed by atoms with van der Waals surface area (Å²) in [7, 11) is 0. The summed E-state index contributed by atoms with van der Waals surface area (Å²) in [6.45, 7) is 2.14. The van der Waals surface area contributed by atoms with E-state index >= 15 is 0 Å². The van der Waals surface area contributed by atoms with E-state index < -0.39 is 46.1 Å². The van der Waals surface area contributed by atoms with Crippen LogP contribution in [0, 0.1) is 41.0 Å². The second-order valence-electron chi connectivity index (χ2n) is 8.28. The molecule has 2 aromatic carbocycles. The predicted octanol–water partition coefficient (Wildman–Crippen LogP) is 8.29. The Morgan fingerprint density at radius 3 is 1.91 bits per heavy atom. The molecule has 2 aromatic rings. The summed E-state index contributed by atoms with van der Waals surface area (Å²) < 4.78 is 94.6. The van der Waals surface area contributed by atoms with E-state index in [4.69, 9.17) is 0 Å². The summed E-state index contributed by atoms with van der Waals surface area (Å²) in [4.78, 5) is 0. The van der Waals surface area contributed by atoms with Crippen LogP contribution in [0.5, 0.6) is 0 Å². The van der Waals surface area contributed by atoms with E-state index in [1.54, 1.807) is 0 Å². The van der Waals surface area contributed by atoms with Gasteiger partial charge in [0.1, 0.15) is 23.3 Å². The molecule has 0 saturated heterocycles. The van der Waals surface area contributed by atoms with Gasteiger partial charge in [0.15, 0.2) is 0 Å². The molecule has 0 atom stereocenters. The molecule has 0 N–H and O–H groups in total. The molecule has 7 heteroatoms. The van der Waals surface area contributed by atoms with Gasteiger partial charge >= 0.3 is 6.18 Å². The molecule has 0 radical (unpaired) electrons. The maximum absolute atomic E-state index is 14.8. The van der Waals surface area contributed by atoms with Gasteiger partial charge in [0.05, 0.1) is 11.1 Å². The average molecular weight is 456 g/mol. The van der Waals surface area contributed by atoms with Crippen molar-refractivity contribution in [3.63, 3.8) is 0 Å². The van der Waals surface area contributed by atoms with Gasteiger partial charge < -0.3 is 0 Å². The minimum atomic E-state index is -4.93. The third-order valence-electron chi connectivity index (χ3n) is 6.01. The van der Waals surface area contributed by atoms with Crippen molar-refractivity contribution in [2.45, 2.75) is 64.0 Å². The van der Waals surface area contributed by atoms with Crippen molar-refractivity contribution in [3.05, 3.63) is 58.7 Å². The van der Waals surface area contributed by atoms with E-state index in [-0.39, 0.29) is 5.92 Å². The second kappa shape index (κ2) is 9.97. The Morgan fingerprint density at radius 2 is 1.41 bits per heavy atom. The molecule has 3 rings (SSSR count). The van der Waals surface area contributed by atoms with Crippen LogP contribution < -0.4 is 0 Å². The van der Waals surface area contributed by atoms with Gasteiger partial charge in [-0.15, -0.1) is 0 Å². The fourth-order valence-electron chi connectivity index (χ4n) is 4.35. The maximum Gasteiger partial charge on any atom is 0.458 e. The summed E-state index contributed by atoms with van der Waals surface area (Å²) >= 11 is 0. The van der Waals surface area contributed by atoms with Crippen molar-refractivity contribution >= 4 is 0 Å². The zero-order valence-electron chi connectivity index (χ0n) is 17.6. The monoisotopic (exact) mass is 456 g/mol. The van der Waals surface area contributed by atoms with E-state index in [9.17, 15) is 30.7 Å². The van der Waals surface area contributed by atoms with E-state index in [0.29, 0.717) is 23.6 Å². The Hall–Kier alpha value is -2.49. The summed E-state index contributed by atoms with van der Waals surface area (Å²) in [5.74, 6) is -1.98. The van der Waals surface area contributed by atoms with E-state index in [2.05, 4.69) is 6.92 Å². The minimum absolute atomic E-state index is 0.0133. The Bertz CT molecular complexity index is 973. The Labute approximate surface area is 182 Å². The molecule has 172 valence electrons. The molecule has 1 fully saturated rings. The van der Waals surface area contributed by atoms with Crippen LogP contribution in [0.4, 0.5) is 30.7 Å². The van der Waals surface area contributed by atoms with Crippen LogP contribution >= 0.6 is 0 Å². The maximum atomic E-state index is 14.8. The highest BCUT2D eigenvalue weighted by molar-refractivity contribution is 5.67. The van der Waals surface area contributed by atoms with Crippen LogP contribution in [0.25, 0.3) is 11.1 Å². The molecule has 0 bridgehead atoms. The number of unbranched alkanes of at least 4 members (excludes halogenated alkanes) is 1. The van der Waals surface area contributed by atoms with E-state index in [0.717, 1.165) is 44.4 Å². The van der Waals surface area contributed by atoms with Gasteiger partial charge in [0.2, 0.25) is 0 Å². The summed E-state index contributed by atoms with van der Waals surface area (Å²) in [5, 5.41) is 0. The third-order valence-corrected chi connectivity index (χ3v) is 6.01. The highest BCUT2D eigenvalue weighted by Crippen LogP contribution is 2.40. The number of alkyl halides is 3.